The van der Waals surface area contributed by atoms with E-state index in [1.54, 1.807) is 25.2 Å². The molecule has 1 spiro atoms. The van der Waals surface area contributed by atoms with Crippen LogP contribution in [0.5, 0.6) is 11.5 Å². The standard InChI is InChI=1S/C31H43FN6O3/c1-21(2)36(4)30(40)25-15-24(32)9-10-26(25)41-27-16-34-20-35-28(27)38-18-31(19-38)11-13-37(14-12-31)17-22-5-7-23(8-6-22)29(39)33-3/h9-10,15-16,20-23H,5-8,11-14,17-19H2,1-4H3,(H,33,39). The van der Waals surface area contributed by atoms with Gasteiger partial charge in [-0.15, -0.1) is 0 Å². The maximum absolute atomic E-state index is 14.1. The molecule has 0 bridgehead atoms. The van der Waals surface area contributed by atoms with Crippen LogP contribution >= 0.6 is 0 Å². The number of anilines is 1. The van der Waals surface area contributed by atoms with Crippen LogP contribution in [0.2, 0.25) is 0 Å². The number of rotatable bonds is 8. The van der Waals surface area contributed by atoms with Gasteiger partial charge in [0.1, 0.15) is 17.9 Å². The van der Waals surface area contributed by atoms with Gasteiger partial charge in [-0.1, -0.05) is 0 Å². The van der Waals surface area contributed by atoms with Crippen LogP contribution in [-0.4, -0.2) is 84.4 Å². The number of nitrogens with zero attached hydrogens (tertiary/aromatic N) is 5. The molecule has 222 valence electrons. The van der Waals surface area contributed by atoms with Gasteiger partial charge in [0.25, 0.3) is 5.91 Å². The summed E-state index contributed by atoms with van der Waals surface area (Å²) in [5, 5.41) is 2.80. The van der Waals surface area contributed by atoms with Crippen molar-refractivity contribution < 1.29 is 18.7 Å². The number of piperidine rings is 1. The second-order valence-electron chi connectivity index (χ2n) is 12.5. The lowest BCUT2D eigenvalue weighted by Crippen LogP contribution is -2.61. The van der Waals surface area contributed by atoms with Crippen molar-refractivity contribution >= 4 is 17.6 Å². The largest absolute Gasteiger partial charge is 0.451 e. The number of hydrogen-bond acceptors (Lipinski definition) is 7. The van der Waals surface area contributed by atoms with Crippen molar-refractivity contribution in [2.45, 2.75) is 58.4 Å². The molecule has 2 aromatic rings. The van der Waals surface area contributed by atoms with E-state index in [1.807, 2.05) is 13.8 Å². The summed E-state index contributed by atoms with van der Waals surface area (Å²) in [5.41, 5.74) is 0.442. The molecule has 5 rings (SSSR count). The molecule has 1 N–H and O–H groups in total. The Hall–Kier alpha value is -3.27. The Kier molecular flexibility index (Phi) is 8.77. The molecular formula is C31H43FN6O3. The molecule has 0 radical (unpaired) electrons. The van der Waals surface area contributed by atoms with E-state index in [0.717, 1.165) is 71.2 Å². The number of amides is 2. The quantitative estimate of drug-likeness (QED) is 0.508. The molecule has 1 aliphatic carbocycles. The molecule has 2 amide bonds. The number of carbonyl (C=O) groups is 2. The molecule has 3 fully saturated rings. The fraction of sp³-hybridized carbons (Fsp3) is 0.613. The Morgan fingerprint density at radius 1 is 1.15 bits per heavy atom. The number of benzene rings is 1. The molecule has 41 heavy (non-hydrogen) atoms. The summed E-state index contributed by atoms with van der Waals surface area (Å²) in [7, 11) is 3.43. The highest BCUT2D eigenvalue weighted by Gasteiger charge is 2.46. The first kappa shape index (κ1) is 29.2. The average molecular weight is 567 g/mol. The molecule has 10 heteroatoms. The van der Waals surface area contributed by atoms with Crippen LogP contribution in [0.25, 0.3) is 0 Å². The maximum Gasteiger partial charge on any atom is 0.257 e. The predicted molar refractivity (Wildman–Crippen MR) is 156 cm³/mol. The highest BCUT2D eigenvalue weighted by Crippen LogP contribution is 2.45. The fourth-order valence-corrected chi connectivity index (χ4v) is 6.54. The predicted octanol–water partition coefficient (Wildman–Crippen LogP) is 4.34. The highest BCUT2D eigenvalue weighted by atomic mass is 19.1. The third kappa shape index (κ3) is 6.47. The lowest BCUT2D eigenvalue weighted by atomic mass is 9.71. The summed E-state index contributed by atoms with van der Waals surface area (Å²) < 4.78 is 20.3. The molecule has 0 unspecified atom stereocenters. The molecule has 0 atom stereocenters. The minimum atomic E-state index is -0.491. The second kappa shape index (κ2) is 12.3. The average Bonchev–Trinajstić information content (AvgIpc) is 2.97. The van der Waals surface area contributed by atoms with E-state index in [2.05, 4.69) is 25.1 Å². The summed E-state index contributed by atoms with van der Waals surface area (Å²) in [6.45, 7) is 8.94. The monoisotopic (exact) mass is 566 g/mol. The minimum absolute atomic E-state index is 0.0398. The smallest absolute Gasteiger partial charge is 0.257 e. The number of hydrogen-bond donors (Lipinski definition) is 1. The Bertz CT molecular complexity index is 1230. The fourth-order valence-electron chi connectivity index (χ4n) is 6.54. The Balaban J connectivity index is 1.17. The zero-order chi connectivity index (χ0) is 29.1. The van der Waals surface area contributed by atoms with Gasteiger partial charge >= 0.3 is 0 Å². The molecular weight excluding hydrogens is 523 g/mol. The van der Waals surface area contributed by atoms with Crippen LogP contribution in [-0.2, 0) is 4.79 Å². The summed E-state index contributed by atoms with van der Waals surface area (Å²) in [5.74, 6) is 1.72. The van der Waals surface area contributed by atoms with Crippen LogP contribution < -0.4 is 15.0 Å². The van der Waals surface area contributed by atoms with Crippen LogP contribution in [0.1, 0.15) is 62.7 Å². The molecule has 1 saturated carbocycles. The number of aromatic nitrogens is 2. The minimum Gasteiger partial charge on any atom is -0.451 e. The van der Waals surface area contributed by atoms with Gasteiger partial charge in [-0.2, -0.15) is 0 Å². The first-order chi connectivity index (χ1) is 19.7. The molecule has 1 aromatic heterocycles. The summed E-state index contributed by atoms with van der Waals surface area (Å²) in [6, 6.07) is 3.97. The normalized spacial score (nSPS) is 22.3. The van der Waals surface area contributed by atoms with Gasteiger partial charge < -0.3 is 24.8 Å². The number of likely N-dealkylation sites (tertiary alicyclic amines) is 1. The molecule has 1 aromatic carbocycles. The number of nitrogens with one attached hydrogen (secondary N) is 1. The van der Waals surface area contributed by atoms with E-state index in [9.17, 15) is 14.0 Å². The van der Waals surface area contributed by atoms with Crippen molar-refractivity contribution in [1.82, 2.24) is 25.1 Å². The van der Waals surface area contributed by atoms with Crippen LogP contribution in [0.15, 0.2) is 30.7 Å². The van der Waals surface area contributed by atoms with Gasteiger partial charge in [-0.05, 0) is 89.6 Å². The molecule has 2 saturated heterocycles. The van der Waals surface area contributed by atoms with Crippen molar-refractivity contribution in [3.63, 3.8) is 0 Å². The number of ether oxygens (including phenoxy) is 1. The first-order valence-corrected chi connectivity index (χ1v) is 14.9. The molecule has 2 aliphatic heterocycles. The molecule has 3 aliphatic rings. The van der Waals surface area contributed by atoms with E-state index in [1.165, 1.54) is 24.5 Å². The van der Waals surface area contributed by atoms with Gasteiger partial charge in [0, 0.05) is 51.1 Å². The van der Waals surface area contributed by atoms with Crippen LogP contribution in [0.4, 0.5) is 10.2 Å². The van der Waals surface area contributed by atoms with Crippen molar-refractivity contribution in [2.24, 2.45) is 17.3 Å². The third-order valence-electron chi connectivity index (χ3n) is 9.39. The second-order valence-corrected chi connectivity index (χ2v) is 12.5. The maximum atomic E-state index is 14.1. The van der Waals surface area contributed by atoms with Gasteiger partial charge in [-0.25, -0.2) is 14.4 Å². The van der Waals surface area contributed by atoms with Crippen molar-refractivity contribution in [1.29, 1.82) is 0 Å². The summed E-state index contributed by atoms with van der Waals surface area (Å²) in [6.07, 6.45) is 9.70. The highest BCUT2D eigenvalue weighted by molar-refractivity contribution is 5.97. The van der Waals surface area contributed by atoms with Gasteiger partial charge in [0.2, 0.25) is 5.91 Å². The van der Waals surface area contributed by atoms with Crippen molar-refractivity contribution in [2.75, 3.05) is 51.7 Å². The van der Waals surface area contributed by atoms with Crippen LogP contribution in [0, 0.1) is 23.1 Å². The molecule has 9 nitrogen and oxygen atoms in total. The summed E-state index contributed by atoms with van der Waals surface area (Å²) >= 11 is 0. The SMILES string of the molecule is CNC(=O)C1CCC(CN2CCC3(CC2)CN(c2ncncc2Oc2ccc(F)cc2C(=O)N(C)C(C)C)C3)CC1. The van der Waals surface area contributed by atoms with Crippen molar-refractivity contribution in [3.05, 3.63) is 42.1 Å². The zero-order valence-corrected chi connectivity index (χ0v) is 24.7. The lowest BCUT2D eigenvalue weighted by molar-refractivity contribution is -0.125. The van der Waals surface area contributed by atoms with E-state index >= 15 is 0 Å². The van der Waals surface area contributed by atoms with E-state index in [-0.39, 0.29) is 40.5 Å². The van der Waals surface area contributed by atoms with E-state index in [0.29, 0.717) is 17.5 Å². The van der Waals surface area contributed by atoms with E-state index in [4.69, 9.17) is 4.74 Å². The van der Waals surface area contributed by atoms with Gasteiger partial charge in [0.15, 0.2) is 11.6 Å². The third-order valence-corrected chi connectivity index (χ3v) is 9.39. The van der Waals surface area contributed by atoms with Crippen LogP contribution in [0.3, 0.4) is 0 Å². The Labute approximate surface area is 242 Å². The first-order valence-electron chi connectivity index (χ1n) is 14.9. The van der Waals surface area contributed by atoms with Gasteiger partial charge in [-0.3, -0.25) is 9.59 Å². The number of halogens is 1. The van der Waals surface area contributed by atoms with Gasteiger partial charge in [0.05, 0.1) is 11.8 Å². The van der Waals surface area contributed by atoms with Crippen molar-refractivity contribution in [3.8, 4) is 11.5 Å². The Morgan fingerprint density at radius 3 is 2.51 bits per heavy atom. The van der Waals surface area contributed by atoms with E-state index < -0.39 is 5.82 Å². The molecule has 3 heterocycles. The summed E-state index contributed by atoms with van der Waals surface area (Å²) in [4.78, 5) is 40.1. The number of carbonyl (C=O) groups excluding carboxylic acids is 2. The zero-order valence-electron chi connectivity index (χ0n) is 24.7. The lowest BCUT2D eigenvalue weighted by Gasteiger charge is -2.54. The Morgan fingerprint density at radius 2 is 1.85 bits per heavy atom. The topological polar surface area (TPSA) is 90.9 Å².